The molecule has 0 spiro atoms. The van der Waals surface area contributed by atoms with E-state index in [-0.39, 0.29) is 15.8 Å². The van der Waals surface area contributed by atoms with Crippen LogP contribution in [-0.4, -0.2) is 31.9 Å². The van der Waals surface area contributed by atoms with Crippen molar-refractivity contribution in [1.29, 1.82) is 0 Å². The molecular weight excluding hydrogens is 298 g/mol. The van der Waals surface area contributed by atoms with E-state index in [1.165, 1.54) is 12.1 Å². The first-order valence-electron chi connectivity index (χ1n) is 6.10. The molecule has 2 rings (SSSR count). The standard InChI is InChI=1S/C12H15N3O3S2/c13-11(19)8-3-1-4-9(7-8)20(17,18)15-10-5-2-6-14-12(10)16/h1,3-4,7,10,15H,2,5-6H2,(H2,13,19)(H,14,16). The Morgan fingerprint density at radius 1 is 1.45 bits per heavy atom. The maximum atomic E-state index is 12.2. The fourth-order valence-electron chi connectivity index (χ4n) is 1.96. The van der Waals surface area contributed by atoms with Gasteiger partial charge in [0.05, 0.1) is 4.90 Å². The number of amides is 1. The van der Waals surface area contributed by atoms with Crippen molar-refractivity contribution in [3.63, 3.8) is 0 Å². The van der Waals surface area contributed by atoms with E-state index in [0.717, 1.165) is 6.42 Å². The third-order valence-corrected chi connectivity index (χ3v) is 4.72. The zero-order chi connectivity index (χ0) is 14.8. The summed E-state index contributed by atoms with van der Waals surface area (Å²) in [5, 5.41) is 2.63. The molecule has 1 aromatic carbocycles. The molecule has 6 nitrogen and oxygen atoms in total. The van der Waals surface area contributed by atoms with E-state index in [9.17, 15) is 13.2 Å². The van der Waals surface area contributed by atoms with Crippen molar-refractivity contribution in [2.45, 2.75) is 23.8 Å². The summed E-state index contributed by atoms with van der Waals surface area (Å²) < 4.78 is 26.9. The van der Waals surface area contributed by atoms with Crippen molar-refractivity contribution in [2.75, 3.05) is 6.54 Å². The Morgan fingerprint density at radius 2 is 2.20 bits per heavy atom. The highest BCUT2D eigenvalue weighted by molar-refractivity contribution is 7.89. The Kier molecular flexibility index (Phi) is 4.36. The molecule has 20 heavy (non-hydrogen) atoms. The van der Waals surface area contributed by atoms with Gasteiger partial charge in [0.2, 0.25) is 15.9 Å². The number of hydrogen-bond donors (Lipinski definition) is 3. The summed E-state index contributed by atoms with van der Waals surface area (Å²) in [4.78, 5) is 11.8. The largest absolute Gasteiger partial charge is 0.389 e. The Bertz CT molecular complexity index is 643. The fourth-order valence-corrected chi connectivity index (χ4v) is 3.36. The van der Waals surface area contributed by atoms with Crippen LogP contribution in [-0.2, 0) is 14.8 Å². The molecule has 1 amide bonds. The van der Waals surface area contributed by atoms with E-state index in [1.54, 1.807) is 12.1 Å². The van der Waals surface area contributed by atoms with Crippen LogP contribution in [0.25, 0.3) is 0 Å². The number of carbonyl (C=O) groups excluding carboxylic acids is 1. The first-order chi connectivity index (χ1) is 9.40. The summed E-state index contributed by atoms with van der Waals surface area (Å²) in [6, 6.07) is 5.29. The summed E-state index contributed by atoms with van der Waals surface area (Å²) in [5.41, 5.74) is 5.95. The molecule has 108 valence electrons. The number of hydrogen-bond acceptors (Lipinski definition) is 4. The number of thiocarbonyl (C=S) groups is 1. The van der Waals surface area contributed by atoms with Gasteiger partial charge in [0.25, 0.3) is 0 Å². The number of rotatable bonds is 4. The number of benzene rings is 1. The molecule has 0 aliphatic carbocycles. The van der Waals surface area contributed by atoms with Crippen LogP contribution in [0.15, 0.2) is 29.2 Å². The van der Waals surface area contributed by atoms with E-state index in [4.69, 9.17) is 18.0 Å². The predicted octanol–water partition coefficient (Wildman–Crippen LogP) is -0.122. The van der Waals surface area contributed by atoms with Gasteiger partial charge >= 0.3 is 0 Å². The minimum absolute atomic E-state index is 0.0428. The highest BCUT2D eigenvalue weighted by atomic mass is 32.2. The Labute approximate surface area is 122 Å². The van der Waals surface area contributed by atoms with Crippen molar-refractivity contribution in [1.82, 2.24) is 10.0 Å². The van der Waals surface area contributed by atoms with Gasteiger partial charge in [0.1, 0.15) is 11.0 Å². The van der Waals surface area contributed by atoms with E-state index in [1.807, 2.05) is 0 Å². The van der Waals surface area contributed by atoms with Gasteiger partial charge in [-0.3, -0.25) is 4.79 Å². The third kappa shape index (κ3) is 3.33. The highest BCUT2D eigenvalue weighted by Gasteiger charge is 2.27. The molecule has 0 bridgehead atoms. The molecule has 1 aliphatic rings. The van der Waals surface area contributed by atoms with Gasteiger partial charge in [-0.1, -0.05) is 24.4 Å². The number of nitrogens with two attached hydrogens (primary N) is 1. The number of nitrogens with one attached hydrogen (secondary N) is 2. The van der Waals surface area contributed by atoms with Crippen molar-refractivity contribution in [3.8, 4) is 0 Å². The van der Waals surface area contributed by atoms with Gasteiger partial charge < -0.3 is 11.1 Å². The lowest BCUT2D eigenvalue weighted by Crippen LogP contribution is -2.50. The Hall–Kier alpha value is -1.51. The van der Waals surface area contributed by atoms with Crippen LogP contribution < -0.4 is 15.8 Å². The van der Waals surface area contributed by atoms with Crippen LogP contribution >= 0.6 is 12.2 Å². The van der Waals surface area contributed by atoms with E-state index in [0.29, 0.717) is 18.5 Å². The summed E-state index contributed by atoms with van der Waals surface area (Å²) in [6.07, 6.45) is 1.23. The quantitative estimate of drug-likeness (QED) is 0.673. The average Bonchev–Trinajstić information content (AvgIpc) is 2.41. The fraction of sp³-hybridized carbons (Fsp3) is 0.333. The van der Waals surface area contributed by atoms with Gasteiger partial charge in [0.15, 0.2) is 0 Å². The van der Waals surface area contributed by atoms with Crippen molar-refractivity contribution in [3.05, 3.63) is 29.8 Å². The van der Waals surface area contributed by atoms with E-state index in [2.05, 4.69) is 10.0 Å². The van der Waals surface area contributed by atoms with Crippen molar-refractivity contribution < 1.29 is 13.2 Å². The molecule has 8 heteroatoms. The third-order valence-electron chi connectivity index (χ3n) is 3.01. The molecule has 0 radical (unpaired) electrons. The lowest BCUT2D eigenvalue weighted by atomic mass is 10.1. The second kappa shape index (κ2) is 5.86. The van der Waals surface area contributed by atoms with Crippen molar-refractivity contribution in [2.24, 2.45) is 5.73 Å². The topological polar surface area (TPSA) is 101 Å². The number of carbonyl (C=O) groups is 1. The molecule has 1 saturated heterocycles. The van der Waals surface area contributed by atoms with Gasteiger partial charge in [0, 0.05) is 12.1 Å². The Balaban J connectivity index is 2.23. The molecule has 4 N–H and O–H groups in total. The lowest BCUT2D eigenvalue weighted by Gasteiger charge is -2.22. The SMILES string of the molecule is NC(=S)c1cccc(S(=O)(=O)NC2CCCNC2=O)c1. The molecule has 1 fully saturated rings. The number of piperidine rings is 1. The summed E-state index contributed by atoms with van der Waals surface area (Å²) in [7, 11) is -3.77. The van der Waals surface area contributed by atoms with Crippen molar-refractivity contribution >= 4 is 33.1 Å². The zero-order valence-corrected chi connectivity index (χ0v) is 12.3. The molecule has 0 saturated carbocycles. The lowest BCUT2D eigenvalue weighted by molar-refractivity contribution is -0.124. The van der Waals surface area contributed by atoms with Crippen LogP contribution in [0, 0.1) is 0 Å². The zero-order valence-electron chi connectivity index (χ0n) is 10.6. The second-order valence-corrected chi connectivity index (χ2v) is 6.65. The van der Waals surface area contributed by atoms with Crippen LogP contribution in [0.1, 0.15) is 18.4 Å². The normalized spacial score (nSPS) is 19.4. The average molecular weight is 313 g/mol. The smallest absolute Gasteiger partial charge is 0.241 e. The van der Waals surface area contributed by atoms with Crippen LogP contribution in [0.4, 0.5) is 0 Å². The molecule has 1 atom stereocenters. The molecule has 1 aliphatic heterocycles. The minimum atomic E-state index is -3.77. The first-order valence-corrected chi connectivity index (χ1v) is 7.99. The molecule has 1 heterocycles. The van der Waals surface area contributed by atoms with Crippen LogP contribution in [0.3, 0.4) is 0 Å². The summed E-state index contributed by atoms with van der Waals surface area (Å²) in [6.45, 7) is 0.577. The molecule has 1 aromatic rings. The highest BCUT2D eigenvalue weighted by Crippen LogP contribution is 2.14. The van der Waals surface area contributed by atoms with Gasteiger partial charge in [-0.2, -0.15) is 4.72 Å². The van der Waals surface area contributed by atoms with E-state index >= 15 is 0 Å². The minimum Gasteiger partial charge on any atom is -0.389 e. The number of sulfonamides is 1. The van der Waals surface area contributed by atoms with Crippen LogP contribution in [0.2, 0.25) is 0 Å². The summed E-state index contributed by atoms with van der Waals surface area (Å²) in [5.74, 6) is -0.301. The first kappa shape index (κ1) is 14.9. The summed E-state index contributed by atoms with van der Waals surface area (Å²) >= 11 is 4.82. The Morgan fingerprint density at radius 3 is 2.85 bits per heavy atom. The predicted molar refractivity (Wildman–Crippen MR) is 78.7 cm³/mol. The van der Waals surface area contributed by atoms with Crippen LogP contribution in [0.5, 0.6) is 0 Å². The maximum absolute atomic E-state index is 12.2. The monoisotopic (exact) mass is 313 g/mol. The van der Waals surface area contributed by atoms with Gasteiger partial charge in [-0.25, -0.2) is 8.42 Å². The van der Waals surface area contributed by atoms with Gasteiger partial charge in [-0.05, 0) is 25.0 Å². The molecular formula is C12H15N3O3S2. The molecule has 0 aromatic heterocycles. The van der Waals surface area contributed by atoms with E-state index < -0.39 is 16.1 Å². The maximum Gasteiger partial charge on any atom is 0.241 e. The van der Waals surface area contributed by atoms with Gasteiger partial charge in [-0.15, -0.1) is 0 Å². The second-order valence-electron chi connectivity index (χ2n) is 4.50. The molecule has 1 unspecified atom stereocenters.